The Hall–Kier alpha value is -2.58. The van der Waals surface area contributed by atoms with Crippen LogP contribution >= 0.6 is 23.5 Å². The van der Waals surface area contributed by atoms with Gasteiger partial charge in [-0.25, -0.2) is 9.37 Å². The Kier molecular flexibility index (Phi) is 6.20. The maximum Gasteiger partial charge on any atom is 0.272 e. The first-order valence-electron chi connectivity index (χ1n) is 9.90. The molecule has 2 heterocycles. The van der Waals surface area contributed by atoms with Crippen LogP contribution in [-0.4, -0.2) is 26.5 Å². The molecule has 0 saturated carbocycles. The number of carbonyl (C=O) groups is 1. The van der Waals surface area contributed by atoms with Crippen LogP contribution in [-0.2, 0) is 11.2 Å². The number of hydrogen-bond donors (Lipinski definition) is 1. The first-order chi connectivity index (χ1) is 14.8. The average Bonchev–Trinajstić information content (AvgIpc) is 3.08. The fourth-order valence-electron chi connectivity index (χ4n) is 3.58. The van der Waals surface area contributed by atoms with E-state index < -0.39 is 5.82 Å². The Morgan fingerprint density at radius 2 is 1.97 bits per heavy atom. The molecule has 1 atom stereocenters. The Morgan fingerprint density at radius 3 is 2.68 bits per heavy atom. The van der Waals surface area contributed by atoms with Gasteiger partial charge in [-0.2, -0.15) is 0 Å². The monoisotopic (exact) mass is 455 g/mol. The van der Waals surface area contributed by atoms with Gasteiger partial charge in [-0.3, -0.25) is 14.2 Å². The van der Waals surface area contributed by atoms with Crippen molar-refractivity contribution in [2.24, 2.45) is 0 Å². The fraction of sp³-hybridized carbons (Fsp3) is 0.261. The molecule has 0 aliphatic carbocycles. The van der Waals surface area contributed by atoms with Crippen molar-refractivity contribution in [3.05, 3.63) is 75.5 Å². The number of aromatic nitrogens is 2. The fourth-order valence-corrected chi connectivity index (χ4v) is 5.51. The van der Waals surface area contributed by atoms with Gasteiger partial charge in [-0.15, -0.1) is 11.8 Å². The van der Waals surface area contributed by atoms with Gasteiger partial charge in [0, 0.05) is 11.7 Å². The number of rotatable bonds is 5. The Balaban J connectivity index is 1.67. The van der Waals surface area contributed by atoms with Gasteiger partial charge in [0.25, 0.3) is 5.56 Å². The van der Waals surface area contributed by atoms with Gasteiger partial charge in [0.05, 0.1) is 27.7 Å². The lowest BCUT2D eigenvalue weighted by molar-refractivity contribution is -0.113. The number of thioether (sulfide) groups is 2. The molecule has 0 unspecified atom stereocenters. The number of anilines is 1. The zero-order chi connectivity index (χ0) is 22.1. The molecule has 0 radical (unpaired) electrons. The van der Waals surface area contributed by atoms with Crippen LogP contribution in [0.3, 0.4) is 0 Å². The summed E-state index contributed by atoms with van der Waals surface area (Å²) in [6.07, 6.45) is 0.720. The summed E-state index contributed by atoms with van der Waals surface area (Å²) in [5.74, 6) is -0.846. The molecule has 8 heteroatoms. The van der Waals surface area contributed by atoms with E-state index in [-0.39, 0.29) is 28.2 Å². The normalized spacial score (nSPS) is 15.0. The van der Waals surface area contributed by atoms with Crippen molar-refractivity contribution < 1.29 is 9.18 Å². The highest BCUT2D eigenvalue weighted by Gasteiger charge is 2.27. The van der Waals surface area contributed by atoms with E-state index in [1.807, 2.05) is 32.0 Å². The van der Waals surface area contributed by atoms with Crippen LogP contribution in [0.2, 0.25) is 0 Å². The largest absolute Gasteiger partial charge is 0.323 e. The van der Waals surface area contributed by atoms with Crippen molar-refractivity contribution in [2.45, 2.75) is 42.5 Å². The number of aryl methyl sites for hydroxylation is 2. The molecule has 3 aromatic rings. The zero-order valence-corrected chi connectivity index (χ0v) is 19.1. The lowest BCUT2D eigenvalue weighted by Crippen LogP contribution is -2.25. The van der Waals surface area contributed by atoms with E-state index in [1.165, 1.54) is 23.9 Å². The Labute approximate surface area is 188 Å². The topological polar surface area (TPSA) is 64.0 Å². The van der Waals surface area contributed by atoms with Gasteiger partial charge in [0.15, 0.2) is 5.16 Å². The molecule has 1 aliphatic heterocycles. The molecule has 1 N–H and O–H groups in total. The first-order valence-corrected chi connectivity index (χ1v) is 11.8. The van der Waals surface area contributed by atoms with Crippen LogP contribution in [0.25, 0.3) is 5.69 Å². The highest BCUT2D eigenvalue weighted by Crippen LogP contribution is 2.35. The predicted octanol–water partition coefficient (Wildman–Crippen LogP) is 4.76. The van der Waals surface area contributed by atoms with Gasteiger partial charge in [0.2, 0.25) is 5.91 Å². The van der Waals surface area contributed by atoms with E-state index in [4.69, 9.17) is 4.98 Å². The Bertz CT molecular complexity index is 1210. The van der Waals surface area contributed by atoms with Crippen molar-refractivity contribution in [3.63, 3.8) is 0 Å². The molecule has 0 saturated heterocycles. The van der Waals surface area contributed by atoms with Crippen molar-refractivity contribution >= 4 is 35.1 Å². The molecule has 4 rings (SSSR count). The van der Waals surface area contributed by atoms with Crippen molar-refractivity contribution in [1.29, 1.82) is 0 Å². The average molecular weight is 456 g/mol. The highest BCUT2D eigenvalue weighted by atomic mass is 32.2. The van der Waals surface area contributed by atoms with Gasteiger partial charge >= 0.3 is 0 Å². The summed E-state index contributed by atoms with van der Waals surface area (Å²) in [6, 6.07) is 11.9. The number of fused-ring (bicyclic) bond motifs is 1. The number of hydrogen-bond acceptors (Lipinski definition) is 5. The summed E-state index contributed by atoms with van der Waals surface area (Å²) in [6.45, 7) is 6.03. The number of carbonyl (C=O) groups excluding carboxylic acids is 1. The lowest BCUT2D eigenvalue weighted by Gasteiger charge is -2.15. The van der Waals surface area contributed by atoms with Crippen LogP contribution in [0.4, 0.5) is 10.1 Å². The SMILES string of the molecule is Cc1cc(C)cc(-n2c(SCC(=O)Nc3ccccc3F)nc3c(c2=O)S[C@H](C)C3)c1. The van der Waals surface area contributed by atoms with E-state index >= 15 is 0 Å². The van der Waals surface area contributed by atoms with Gasteiger partial charge in [0.1, 0.15) is 5.82 Å². The van der Waals surface area contributed by atoms with E-state index in [0.29, 0.717) is 10.1 Å². The summed E-state index contributed by atoms with van der Waals surface area (Å²) in [5, 5.41) is 3.33. The smallest absolute Gasteiger partial charge is 0.272 e. The highest BCUT2D eigenvalue weighted by molar-refractivity contribution is 8.00. The molecule has 0 fully saturated rings. The summed E-state index contributed by atoms with van der Waals surface area (Å²) in [5.41, 5.74) is 3.61. The van der Waals surface area contributed by atoms with Crippen LogP contribution < -0.4 is 10.9 Å². The summed E-state index contributed by atoms with van der Waals surface area (Å²) < 4.78 is 15.4. The van der Waals surface area contributed by atoms with E-state index in [2.05, 4.69) is 12.2 Å². The first kappa shape index (κ1) is 21.6. The number of nitrogens with one attached hydrogen (secondary N) is 1. The van der Waals surface area contributed by atoms with Crippen LogP contribution in [0, 0.1) is 19.7 Å². The van der Waals surface area contributed by atoms with Crippen molar-refractivity contribution in [3.8, 4) is 5.69 Å². The van der Waals surface area contributed by atoms with Crippen molar-refractivity contribution in [1.82, 2.24) is 9.55 Å². The molecule has 0 spiro atoms. The third kappa shape index (κ3) is 4.70. The van der Waals surface area contributed by atoms with Gasteiger partial charge in [-0.1, -0.05) is 36.9 Å². The van der Waals surface area contributed by atoms with Gasteiger partial charge in [-0.05, 0) is 49.2 Å². The standard InChI is InChI=1S/C23H22FN3O2S2/c1-13-8-14(2)10-16(9-13)27-22(29)21-19(11-15(3)31-21)26-23(27)30-12-20(28)25-18-7-5-4-6-17(18)24/h4-10,15H,11-12H2,1-3H3,(H,25,28)/t15-/m1/s1. The third-order valence-electron chi connectivity index (χ3n) is 4.83. The number of halogens is 1. The van der Waals surface area contributed by atoms with E-state index in [0.717, 1.165) is 28.9 Å². The molecule has 1 amide bonds. The minimum absolute atomic E-state index is 0.00700. The maximum absolute atomic E-state index is 13.8. The summed E-state index contributed by atoms with van der Waals surface area (Å²) in [4.78, 5) is 31.2. The lowest BCUT2D eigenvalue weighted by atomic mass is 10.1. The maximum atomic E-state index is 13.8. The third-order valence-corrected chi connectivity index (χ3v) is 6.98. The molecule has 1 aromatic heterocycles. The van der Waals surface area contributed by atoms with Crippen LogP contribution in [0.15, 0.2) is 57.3 Å². The van der Waals surface area contributed by atoms with Crippen molar-refractivity contribution in [2.75, 3.05) is 11.1 Å². The molecule has 5 nitrogen and oxygen atoms in total. The quantitative estimate of drug-likeness (QED) is 0.444. The number of nitrogens with zero attached hydrogens (tertiary/aromatic N) is 2. The summed E-state index contributed by atoms with van der Waals surface area (Å²) >= 11 is 2.72. The molecule has 0 bridgehead atoms. The van der Waals surface area contributed by atoms with E-state index in [9.17, 15) is 14.0 Å². The number of benzene rings is 2. The minimum Gasteiger partial charge on any atom is -0.323 e. The molecular weight excluding hydrogens is 433 g/mol. The second-order valence-electron chi connectivity index (χ2n) is 7.61. The second kappa shape index (κ2) is 8.88. The predicted molar refractivity (Wildman–Crippen MR) is 124 cm³/mol. The summed E-state index contributed by atoms with van der Waals surface area (Å²) in [7, 11) is 0. The Morgan fingerprint density at radius 1 is 1.26 bits per heavy atom. The molecule has 2 aromatic carbocycles. The van der Waals surface area contributed by atoms with Crippen LogP contribution in [0.5, 0.6) is 0 Å². The van der Waals surface area contributed by atoms with Crippen LogP contribution in [0.1, 0.15) is 23.7 Å². The molecule has 31 heavy (non-hydrogen) atoms. The second-order valence-corrected chi connectivity index (χ2v) is 10.00. The number of amides is 1. The molecule has 1 aliphatic rings. The molecule has 160 valence electrons. The minimum atomic E-state index is -0.491. The van der Waals surface area contributed by atoms with Gasteiger partial charge < -0.3 is 5.32 Å². The molecular formula is C23H22FN3O2S2. The zero-order valence-electron chi connectivity index (χ0n) is 17.4. The van der Waals surface area contributed by atoms with E-state index in [1.54, 1.807) is 28.5 Å². The number of para-hydroxylation sites is 1.